The van der Waals surface area contributed by atoms with Crippen LogP contribution in [-0.2, 0) is 19.2 Å². The maximum atomic E-state index is 12.6. The molecular weight excluding hydrogens is 258 g/mol. The molecule has 104 valence electrons. The van der Waals surface area contributed by atoms with Gasteiger partial charge >= 0.3 is 0 Å². The fraction of sp³-hybridized carbons (Fsp3) is 0.467. The lowest BCUT2D eigenvalue weighted by Gasteiger charge is -2.29. The molecule has 2 unspecified atom stereocenters. The Morgan fingerprint density at radius 3 is 2.65 bits per heavy atom. The zero-order chi connectivity index (χ0) is 14.5. The Bertz CT molecular complexity index is 601. The first-order valence-electron chi connectivity index (χ1n) is 6.75. The van der Waals surface area contributed by atoms with Crippen molar-refractivity contribution in [3.8, 4) is 0 Å². The molecule has 1 heterocycles. The highest BCUT2D eigenvalue weighted by molar-refractivity contribution is 6.20. The van der Waals surface area contributed by atoms with Gasteiger partial charge in [-0.05, 0) is 19.8 Å². The SMILES string of the molecule is CC12CC=CC=C1C(=O)N(C1CCC(=O)CC1=O)C2=O. The Morgan fingerprint density at radius 1 is 1.25 bits per heavy atom. The molecule has 2 fully saturated rings. The van der Waals surface area contributed by atoms with E-state index >= 15 is 0 Å². The van der Waals surface area contributed by atoms with Crippen molar-refractivity contribution in [3.63, 3.8) is 0 Å². The van der Waals surface area contributed by atoms with Crippen LogP contribution in [0.25, 0.3) is 0 Å². The van der Waals surface area contributed by atoms with Crippen LogP contribution in [0.3, 0.4) is 0 Å². The fourth-order valence-electron chi connectivity index (χ4n) is 3.17. The average Bonchev–Trinajstić information content (AvgIpc) is 2.59. The summed E-state index contributed by atoms with van der Waals surface area (Å²) in [6, 6.07) is -0.768. The number of carbonyl (C=O) groups excluding carboxylic acids is 4. The first-order chi connectivity index (χ1) is 9.45. The molecule has 0 N–H and O–H groups in total. The van der Waals surface area contributed by atoms with Gasteiger partial charge in [-0.2, -0.15) is 0 Å². The summed E-state index contributed by atoms with van der Waals surface area (Å²) >= 11 is 0. The Hall–Kier alpha value is -2.04. The Morgan fingerprint density at radius 2 is 2.00 bits per heavy atom. The summed E-state index contributed by atoms with van der Waals surface area (Å²) in [5.74, 6) is -1.13. The van der Waals surface area contributed by atoms with Crippen LogP contribution in [0.2, 0.25) is 0 Å². The van der Waals surface area contributed by atoms with Crippen molar-refractivity contribution in [3.05, 3.63) is 23.8 Å². The second-order valence-corrected chi connectivity index (χ2v) is 5.76. The summed E-state index contributed by atoms with van der Waals surface area (Å²) in [5.41, 5.74) is -0.400. The van der Waals surface area contributed by atoms with Gasteiger partial charge in [-0.3, -0.25) is 24.1 Å². The predicted octanol–water partition coefficient (Wildman–Crippen LogP) is 0.939. The van der Waals surface area contributed by atoms with Crippen molar-refractivity contribution < 1.29 is 19.2 Å². The van der Waals surface area contributed by atoms with E-state index in [1.54, 1.807) is 19.1 Å². The summed E-state index contributed by atoms with van der Waals surface area (Å²) < 4.78 is 0. The van der Waals surface area contributed by atoms with Gasteiger partial charge in [-0.15, -0.1) is 0 Å². The summed E-state index contributed by atoms with van der Waals surface area (Å²) in [6.07, 6.45) is 6.08. The Labute approximate surface area is 116 Å². The van der Waals surface area contributed by atoms with Crippen LogP contribution >= 0.6 is 0 Å². The van der Waals surface area contributed by atoms with Crippen LogP contribution in [0.5, 0.6) is 0 Å². The lowest BCUT2D eigenvalue weighted by molar-refractivity contribution is -0.150. The van der Waals surface area contributed by atoms with Gasteiger partial charge in [-0.1, -0.05) is 18.2 Å². The third-order valence-electron chi connectivity index (χ3n) is 4.41. The molecule has 0 bridgehead atoms. The highest BCUT2D eigenvalue weighted by Gasteiger charge is 2.55. The van der Waals surface area contributed by atoms with Crippen molar-refractivity contribution in [1.82, 2.24) is 4.90 Å². The van der Waals surface area contributed by atoms with Crippen molar-refractivity contribution in [2.75, 3.05) is 0 Å². The molecule has 2 atom stereocenters. The van der Waals surface area contributed by atoms with E-state index in [2.05, 4.69) is 0 Å². The first kappa shape index (κ1) is 13.0. The van der Waals surface area contributed by atoms with Gasteiger partial charge in [0.2, 0.25) is 5.91 Å². The number of hydrogen-bond acceptors (Lipinski definition) is 4. The maximum Gasteiger partial charge on any atom is 0.258 e. The highest BCUT2D eigenvalue weighted by atomic mass is 16.2. The number of rotatable bonds is 1. The minimum atomic E-state index is -0.854. The van der Waals surface area contributed by atoms with E-state index in [0.29, 0.717) is 12.0 Å². The predicted molar refractivity (Wildman–Crippen MR) is 69.5 cm³/mol. The number of Topliss-reactive ketones (excluding diaryl/α,β-unsaturated/α-hetero) is 2. The molecule has 0 spiro atoms. The topological polar surface area (TPSA) is 71.5 Å². The number of fused-ring (bicyclic) bond motifs is 1. The van der Waals surface area contributed by atoms with E-state index in [0.717, 1.165) is 4.90 Å². The highest BCUT2D eigenvalue weighted by Crippen LogP contribution is 2.44. The average molecular weight is 273 g/mol. The number of hydrogen-bond donors (Lipinski definition) is 0. The number of likely N-dealkylation sites (tertiary alicyclic amines) is 1. The third-order valence-corrected chi connectivity index (χ3v) is 4.41. The molecule has 2 amide bonds. The van der Waals surface area contributed by atoms with Crippen molar-refractivity contribution in [2.24, 2.45) is 5.41 Å². The van der Waals surface area contributed by atoms with Crippen LogP contribution in [0.4, 0.5) is 0 Å². The third kappa shape index (κ3) is 1.62. The maximum absolute atomic E-state index is 12.6. The molecule has 1 saturated carbocycles. The largest absolute Gasteiger partial charge is 0.299 e. The minimum absolute atomic E-state index is 0.116. The lowest BCUT2D eigenvalue weighted by Crippen LogP contribution is -2.48. The van der Waals surface area contributed by atoms with E-state index in [1.165, 1.54) is 0 Å². The van der Waals surface area contributed by atoms with Gasteiger partial charge in [0.15, 0.2) is 5.78 Å². The van der Waals surface area contributed by atoms with Gasteiger partial charge in [0.1, 0.15) is 5.78 Å². The first-order valence-corrected chi connectivity index (χ1v) is 6.75. The van der Waals surface area contributed by atoms with Crippen LogP contribution in [0.15, 0.2) is 23.8 Å². The second kappa shape index (κ2) is 4.23. The molecule has 20 heavy (non-hydrogen) atoms. The van der Waals surface area contributed by atoms with Gasteiger partial charge in [-0.25, -0.2) is 0 Å². The van der Waals surface area contributed by atoms with E-state index < -0.39 is 11.5 Å². The van der Waals surface area contributed by atoms with Gasteiger partial charge in [0.05, 0.1) is 17.9 Å². The molecule has 0 aromatic carbocycles. The zero-order valence-corrected chi connectivity index (χ0v) is 11.2. The van der Waals surface area contributed by atoms with Crippen molar-refractivity contribution in [2.45, 2.75) is 38.6 Å². The monoisotopic (exact) mass is 273 g/mol. The summed E-state index contributed by atoms with van der Waals surface area (Å²) in [7, 11) is 0. The fourth-order valence-corrected chi connectivity index (χ4v) is 3.17. The Kier molecular flexibility index (Phi) is 2.74. The van der Waals surface area contributed by atoms with E-state index in [9.17, 15) is 19.2 Å². The van der Waals surface area contributed by atoms with Crippen molar-refractivity contribution >= 4 is 23.4 Å². The molecular formula is C15H15NO4. The number of carbonyl (C=O) groups is 4. The molecule has 0 radical (unpaired) electrons. The lowest BCUT2D eigenvalue weighted by atomic mass is 9.78. The molecule has 5 nitrogen and oxygen atoms in total. The standard InChI is InChI=1S/C15H15NO4/c1-15-7-3-2-4-10(15)13(19)16(14(15)20)11-6-5-9(17)8-12(11)18/h2-4,11H,5-8H2,1H3. The quantitative estimate of drug-likeness (QED) is 0.526. The van der Waals surface area contributed by atoms with E-state index in [1.807, 2.05) is 6.08 Å². The summed E-state index contributed by atoms with van der Waals surface area (Å²) in [5, 5.41) is 0. The van der Waals surface area contributed by atoms with Gasteiger partial charge in [0, 0.05) is 12.0 Å². The second-order valence-electron chi connectivity index (χ2n) is 5.76. The van der Waals surface area contributed by atoms with E-state index in [-0.39, 0.29) is 42.6 Å². The molecule has 1 aliphatic heterocycles. The summed E-state index contributed by atoms with van der Waals surface area (Å²) in [4.78, 5) is 49.4. The molecule has 0 aromatic heterocycles. The number of ketones is 2. The van der Waals surface area contributed by atoms with Gasteiger partial charge < -0.3 is 0 Å². The smallest absolute Gasteiger partial charge is 0.258 e. The molecule has 0 aromatic rings. The van der Waals surface area contributed by atoms with Crippen LogP contribution in [0.1, 0.15) is 32.6 Å². The van der Waals surface area contributed by atoms with Crippen LogP contribution in [-0.4, -0.2) is 34.3 Å². The number of amides is 2. The molecule has 1 saturated heterocycles. The zero-order valence-electron chi connectivity index (χ0n) is 11.2. The Balaban J connectivity index is 1.96. The van der Waals surface area contributed by atoms with Gasteiger partial charge in [0.25, 0.3) is 5.91 Å². The normalized spacial score (nSPS) is 33.5. The van der Waals surface area contributed by atoms with E-state index in [4.69, 9.17) is 0 Å². The molecule has 2 aliphatic carbocycles. The number of imide groups is 1. The molecule has 3 aliphatic rings. The number of allylic oxidation sites excluding steroid dienone is 3. The minimum Gasteiger partial charge on any atom is -0.299 e. The number of nitrogens with zero attached hydrogens (tertiary/aromatic N) is 1. The summed E-state index contributed by atoms with van der Waals surface area (Å²) in [6.45, 7) is 1.74. The molecule has 3 rings (SSSR count). The van der Waals surface area contributed by atoms with Crippen LogP contribution < -0.4 is 0 Å². The van der Waals surface area contributed by atoms with Crippen LogP contribution in [0, 0.1) is 5.41 Å². The van der Waals surface area contributed by atoms with Crippen molar-refractivity contribution in [1.29, 1.82) is 0 Å². The molecule has 5 heteroatoms.